The Hall–Kier alpha value is -0.960. The zero-order valence-electron chi connectivity index (χ0n) is 10.3. The van der Waals surface area contributed by atoms with Gasteiger partial charge in [0.1, 0.15) is 0 Å². The summed E-state index contributed by atoms with van der Waals surface area (Å²) in [6.07, 6.45) is 0.573. The Labute approximate surface area is 95.7 Å². The number of halogens is 2. The second kappa shape index (κ2) is 4.50. The van der Waals surface area contributed by atoms with Crippen molar-refractivity contribution in [2.75, 3.05) is 0 Å². The first-order valence-corrected chi connectivity index (χ1v) is 5.58. The van der Waals surface area contributed by atoms with Gasteiger partial charge in [-0.05, 0) is 24.8 Å². The van der Waals surface area contributed by atoms with E-state index in [2.05, 4.69) is 0 Å². The van der Waals surface area contributed by atoms with Crippen LogP contribution in [-0.4, -0.2) is 0 Å². The maximum absolute atomic E-state index is 13.9. The van der Waals surface area contributed by atoms with Gasteiger partial charge in [0.15, 0.2) is 11.6 Å². The molecule has 0 aromatic heterocycles. The molecule has 0 aliphatic carbocycles. The summed E-state index contributed by atoms with van der Waals surface area (Å²) in [4.78, 5) is 0. The van der Waals surface area contributed by atoms with Crippen LogP contribution in [0.4, 0.5) is 8.78 Å². The number of hydrogen-bond donors (Lipinski definition) is 1. The predicted molar refractivity (Wildman–Crippen MR) is 62.1 cm³/mol. The smallest absolute Gasteiger partial charge is 0.164 e. The quantitative estimate of drug-likeness (QED) is 0.840. The van der Waals surface area contributed by atoms with Gasteiger partial charge >= 0.3 is 0 Å². The molecule has 0 saturated carbocycles. The van der Waals surface area contributed by atoms with Crippen molar-refractivity contribution in [3.8, 4) is 0 Å². The van der Waals surface area contributed by atoms with Gasteiger partial charge in [0, 0.05) is 11.1 Å². The molecule has 3 heteroatoms. The molecular weight excluding hydrogens is 208 g/mol. The highest BCUT2D eigenvalue weighted by molar-refractivity contribution is 5.31. The minimum atomic E-state index is -0.807. The van der Waals surface area contributed by atoms with Crippen molar-refractivity contribution in [1.29, 1.82) is 0 Å². The highest BCUT2D eigenvalue weighted by Gasteiger charge is 2.33. The van der Waals surface area contributed by atoms with E-state index in [4.69, 9.17) is 5.73 Å². The lowest BCUT2D eigenvalue weighted by molar-refractivity contribution is 0.290. The molecule has 1 aromatic carbocycles. The molecule has 1 unspecified atom stereocenters. The average Bonchev–Trinajstić information content (AvgIpc) is 2.25. The zero-order valence-corrected chi connectivity index (χ0v) is 10.3. The third-order valence-electron chi connectivity index (χ3n) is 3.39. The standard InChI is InChI=1S/C13H19F2N/c1-5-13(16,8(2)3)10-7-6-9(4)11(14)12(10)15/h6-8H,5,16H2,1-4H3. The highest BCUT2D eigenvalue weighted by Crippen LogP contribution is 2.33. The van der Waals surface area contributed by atoms with Gasteiger partial charge in [0.25, 0.3) is 0 Å². The van der Waals surface area contributed by atoms with Crippen LogP contribution >= 0.6 is 0 Å². The summed E-state index contributed by atoms with van der Waals surface area (Å²) in [6.45, 7) is 7.26. The summed E-state index contributed by atoms with van der Waals surface area (Å²) in [6, 6.07) is 3.17. The lowest BCUT2D eigenvalue weighted by atomic mass is 9.78. The SMILES string of the molecule is CCC(N)(c1ccc(C)c(F)c1F)C(C)C. The second-order valence-electron chi connectivity index (χ2n) is 4.61. The fourth-order valence-corrected chi connectivity index (χ4v) is 1.92. The van der Waals surface area contributed by atoms with Gasteiger partial charge in [0.2, 0.25) is 0 Å². The highest BCUT2D eigenvalue weighted by atomic mass is 19.2. The first-order valence-electron chi connectivity index (χ1n) is 5.58. The van der Waals surface area contributed by atoms with Crippen molar-refractivity contribution in [3.05, 3.63) is 34.9 Å². The van der Waals surface area contributed by atoms with E-state index in [0.717, 1.165) is 0 Å². The molecule has 0 radical (unpaired) electrons. The van der Waals surface area contributed by atoms with Crippen LogP contribution in [0.1, 0.15) is 38.3 Å². The normalized spacial score (nSPS) is 15.2. The summed E-state index contributed by atoms with van der Waals surface area (Å²) in [5.41, 5.74) is 5.95. The molecule has 1 atom stereocenters. The van der Waals surface area contributed by atoms with Crippen molar-refractivity contribution in [1.82, 2.24) is 0 Å². The molecule has 0 amide bonds. The summed E-state index contributed by atoms with van der Waals surface area (Å²) in [5.74, 6) is -1.55. The Kier molecular flexibility index (Phi) is 3.68. The average molecular weight is 227 g/mol. The molecule has 1 rings (SSSR count). The van der Waals surface area contributed by atoms with E-state index in [0.29, 0.717) is 12.0 Å². The van der Waals surface area contributed by atoms with Crippen LogP contribution in [0.3, 0.4) is 0 Å². The maximum atomic E-state index is 13.9. The van der Waals surface area contributed by atoms with E-state index in [9.17, 15) is 8.78 Å². The van der Waals surface area contributed by atoms with E-state index < -0.39 is 17.2 Å². The van der Waals surface area contributed by atoms with Crippen LogP contribution in [0.2, 0.25) is 0 Å². The summed E-state index contributed by atoms with van der Waals surface area (Å²) < 4.78 is 27.3. The van der Waals surface area contributed by atoms with Crippen LogP contribution in [-0.2, 0) is 5.54 Å². The minimum absolute atomic E-state index is 0.0501. The van der Waals surface area contributed by atoms with Gasteiger partial charge in [-0.3, -0.25) is 0 Å². The Morgan fingerprint density at radius 1 is 1.25 bits per heavy atom. The molecule has 0 heterocycles. The molecule has 90 valence electrons. The van der Waals surface area contributed by atoms with Crippen LogP contribution in [0.15, 0.2) is 12.1 Å². The largest absolute Gasteiger partial charge is 0.321 e. The van der Waals surface area contributed by atoms with E-state index in [1.54, 1.807) is 19.1 Å². The van der Waals surface area contributed by atoms with E-state index in [-0.39, 0.29) is 11.5 Å². The topological polar surface area (TPSA) is 26.0 Å². The first kappa shape index (κ1) is 13.1. The van der Waals surface area contributed by atoms with Crippen molar-refractivity contribution in [2.45, 2.75) is 39.7 Å². The summed E-state index contributed by atoms with van der Waals surface area (Å²) in [7, 11) is 0. The van der Waals surface area contributed by atoms with Crippen LogP contribution < -0.4 is 5.73 Å². The van der Waals surface area contributed by atoms with E-state index in [1.165, 1.54) is 0 Å². The lowest BCUT2D eigenvalue weighted by Gasteiger charge is -2.33. The number of nitrogens with two attached hydrogens (primary N) is 1. The first-order chi connectivity index (χ1) is 7.34. The maximum Gasteiger partial charge on any atom is 0.164 e. The molecule has 0 spiro atoms. The zero-order chi connectivity index (χ0) is 12.5. The molecule has 0 fully saturated rings. The van der Waals surface area contributed by atoms with Crippen molar-refractivity contribution >= 4 is 0 Å². The molecule has 2 N–H and O–H groups in total. The van der Waals surface area contributed by atoms with E-state index in [1.807, 2.05) is 20.8 Å². The van der Waals surface area contributed by atoms with E-state index >= 15 is 0 Å². The van der Waals surface area contributed by atoms with Gasteiger partial charge in [0.05, 0.1) is 0 Å². The van der Waals surface area contributed by atoms with Crippen molar-refractivity contribution in [3.63, 3.8) is 0 Å². The van der Waals surface area contributed by atoms with Gasteiger partial charge in [-0.25, -0.2) is 8.78 Å². The van der Waals surface area contributed by atoms with Gasteiger partial charge in [-0.15, -0.1) is 0 Å². The number of aryl methyl sites for hydroxylation is 1. The van der Waals surface area contributed by atoms with Gasteiger partial charge in [-0.2, -0.15) is 0 Å². The number of rotatable bonds is 3. The Morgan fingerprint density at radius 2 is 1.81 bits per heavy atom. The van der Waals surface area contributed by atoms with Gasteiger partial charge < -0.3 is 5.73 Å². The predicted octanol–water partition coefficient (Wildman–Crippen LogP) is 3.49. The fraction of sp³-hybridized carbons (Fsp3) is 0.538. The van der Waals surface area contributed by atoms with Crippen LogP contribution in [0.25, 0.3) is 0 Å². The number of hydrogen-bond acceptors (Lipinski definition) is 1. The fourth-order valence-electron chi connectivity index (χ4n) is 1.92. The van der Waals surface area contributed by atoms with Crippen LogP contribution in [0, 0.1) is 24.5 Å². The lowest BCUT2D eigenvalue weighted by Crippen LogP contribution is -2.42. The molecular formula is C13H19F2N. The minimum Gasteiger partial charge on any atom is -0.321 e. The van der Waals surface area contributed by atoms with Crippen molar-refractivity contribution in [2.24, 2.45) is 11.7 Å². The third-order valence-corrected chi connectivity index (χ3v) is 3.39. The Bertz CT molecular complexity index is 388. The summed E-state index contributed by atoms with van der Waals surface area (Å²) >= 11 is 0. The Morgan fingerprint density at radius 3 is 2.25 bits per heavy atom. The molecule has 16 heavy (non-hydrogen) atoms. The summed E-state index contributed by atoms with van der Waals surface area (Å²) in [5, 5.41) is 0. The molecule has 1 aromatic rings. The molecule has 0 saturated heterocycles. The second-order valence-corrected chi connectivity index (χ2v) is 4.61. The number of benzene rings is 1. The molecule has 0 bridgehead atoms. The van der Waals surface area contributed by atoms with Crippen molar-refractivity contribution < 1.29 is 8.78 Å². The molecule has 0 aliphatic rings. The molecule has 0 aliphatic heterocycles. The van der Waals surface area contributed by atoms with Gasteiger partial charge in [-0.1, -0.05) is 32.9 Å². The molecule has 1 nitrogen and oxygen atoms in total. The Balaban J connectivity index is 3.38. The third kappa shape index (κ3) is 1.96. The van der Waals surface area contributed by atoms with Crippen LogP contribution in [0.5, 0.6) is 0 Å². The monoisotopic (exact) mass is 227 g/mol.